The highest BCUT2D eigenvalue weighted by Gasteiger charge is 2.11. The summed E-state index contributed by atoms with van der Waals surface area (Å²) in [4.78, 5) is 0. The average molecular weight is 345 g/mol. The van der Waals surface area contributed by atoms with Gasteiger partial charge in [0.2, 0.25) is 0 Å². The predicted molar refractivity (Wildman–Crippen MR) is 116 cm³/mol. The third-order valence-electron chi connectivity index (χ3n) is 4.75. The molecule has 0 radical (unpaired) electrons. The van der Waals surface area contributed by atoms with Crippen molar-refractivity contribution in [3.63, 3.8) is 0 Å². The SMILES string of the molecule is CCc1ccccc1-c1ccccc1C.Cc1ccc(C(C)(C)C)cc1. The summed E-state index contributed by atoms with van der Waals surface area (Å²) in [6.45, 7) is 13.2. The smallest absolute Gasteiger partial charge is 0.0132 e. The lowest BCUT2D eigenvalue weighted by Gasteiger charge is -2.18. The molecule has 0 aromatic heterocycles. The summed E-state index contributed by atoms with van der Waals surface area (Å²) in [5, 5.41) is 0. The maximum absolute atomic E-state index is 2.23. The molecule has 0 saturated heterocycles. The molecule has 0 heteroatoms. The maximum Gasteiger partial charge on any atom is -0.0132 e. The molecule has 26 heavy (non-hydrogen) atoms. The predicted octanol–water partition coefficient (Wildman–Crippen LogP) is 7.52. The molecule has 0 heterocycles. The van der Waals surface area contributed by atoms with Crippen molar-refractivity contribution >= 4 is 0 Å². The van der Waals surface area contributed by atoms with Crippen LogP contribution in [0.2, 0.25) is 0 Å². The quantitative estimate of drug-likeness (QED) is 0.451. The Labute approximate surface area is 159 Å². The summed E-state index contributed by atoms with van der Waals surface area (Å²) in [7, 11) is 0. The topological polar surface area (TPSA) is 0 Å². The van der Waals surface area contributed by atoms with Crippen LogP contribution in [0.25, 0.3) is 11.1 Å². The van der Waals surface area contributed by atoms with E-state index in [-0.39, 0.29) is 5.41 Å². The largest absolute Gasteiger partial charge is 0.0620 e. The van der Waals surface area contributed by atoms with Gasteiger partial charge in [-0.05, 0) is 53.5 Å². The van der Waals surface area contributed by atoms with Crippen LogP contribution in [-0.4, -0.2) is 0 Å². The van der Waals surface area contributed by atoms with E-state index in [1.165, 1.54) is 33.4 Å². The Morgan fingerprint density at radius 1 is 0.654 bits per heavy atom. The standard InChI is InChI=1S/C15H16.C11H16/c1-3-13-9-5-7-11-15(13)14-10-6-4-8-12(14)2;1-9-5-7-10(8-6-9)11(2,3)4/h4-11H,3H2,1-2H3;5-8H,1-4H3. The highest BCUT2D eigenvalue weighted by atomic mass is 14.2. The molecule has 136 valence electrons. The Balaban J connectivity index is 0.000000197. The molecule has 3 aromatic carbocycles. The minimum Gasteiger partial charge on any atom is -0.0620 e. The average Bonchev–Trinajstić information content (AvgIpc) is 2.62. The van der Waals surface area contributed by atoms with E-state index in [2.05, 4.69) is 114 Å². The molecule has 3 aromatic rings. The van der Waals surface area contributed by atoms with E-state index in [0.717, 1.165) is 6.42 Å². The minimum absolute atomic E-state index is 0.285. The number of hydrogen-bond donors (Lipinski definition) is 0. The van der Waals surface area contributed by atoms with Crippen LogP contribution in [0.1, 0.15) is 49.9 Å². The maximum atomic E-state index is 2.23. The van der Waals surface area contributed by atoms with Gasteiger partial charge in [-0.15, -0.1) is 0 Å². The van der Waals surface area contributed by atoms with Crippen molar-refractivity contribution in [1.82, 2.24) is 0 Å². The summed E-state index contributed by atoms with van der Waals surface area (Å²) in [5.74, 6) is 0. The fourth-order valence-corrected chi connectivity index (χ4v) is 3.02. The van der Waals surface area contributed by atoms with Crippen molar-refractivity contribution < 1.29 is 0 Å². The molecule has 0 fully saturated rings. The molecule has 0 aliphatic rings. The molecule has 0 atom stereocenters. The van der Waals surface area contributed by atoms with Crippen LogP contribution >= 0.6 is 0 Å². The van der Waals surface area contributed by atoms with Gasteiger partial charge in [0.1, 0.15) is 0 Å². The van der Waals surface area contributed by atoms with Gasteiger partial charge in [0.05, 0.1) is 0 Å². The Hall–Kier alpha value is -2.34. The zero-order valence-electron chi connectivity index (χ0n) is 17.1. The van der Waals surface area contributed by atoms with Crippen molar-refractivity contribution in [2.45, 2.75) is 53.4 Å². The third kappa shape index (κ3) is 5.33. The summed E-state index contributed by atoms with van der Waals surface area (Å²) in [5.41, 5.74) is 8.52. The lowest BCUT2D eigenvalue weighted by Crippen LogP contribution is -2.10. The summed E-state index contributed by atoms with van der Waals surface area (Å²) < 4.78 is 0. The number of hydrogen-bond acceptors (Lipinski definition) is 0. The fourth-order valence-electron chi connectivity index (χ4n) is 3.02. The van der Waals surface area contributed by atoms with Gasteiger partial charge in [-0.1, -0.05) is 106 Å². The van der Waals surface area contributed by atoms with Gasteiger partial charge in [0, 0.05) is 0 Å². The van der Waals surface area contributed by atoms with E-state index in [1.54, 1.807) is 0 Å². The fraction of sp³-hybridized carbons (Fsp3) is 0.308. The van der Waals surface area contributed by atoms with E-state index in [9.17, 15) is 0 Å². The first-order valence-electron chi connectivity index (χ1n) is 9.54. The molecule has 0 nitrogen and oxygen atoms in total. The molecular weight excluding hydrogens is 312 g/mol. The first-order chi connectivity index (χ1) is 12.3. The van der Waals surface area contributed by atoms with Gasteiger partial charge in [0.25, 0.3) is 0 Å². The Morgan fingerprint density at radius 3 is 1.73 bits per heavy atom. The van der Waals surface area contributed by atoms with Gasteiger partial charge >= 0.3 is 0 Å². The van der Waals surface area contributed by atoms with Crippen molar-refractivity contribution in [3.05, 3.63) is 95.1 Å². The monoisotopic (exact) mass is 344 g/mol. The van der Waals surface area contributed by atoms with E-state index < -0.39 is 0 Å². The number of rotatable bonds is 2. The normalized spacial score (nSPS) is 10.8. The van der Waals surface area contributed by atoms with Gasteiger partial charge in [-0.3, -0.25) is 0 Å². The molecule has 0 unspecified atom stereocenters. The lowest BCUT2D eigenvalue weighted by atomic mass is 9.87. The zero-order chi connectivity index (χ0) is 19.2. The van der Waals surface area contributed by atoms with Crippen LogP contribution in [0.5, 0.6) is 0 Å². The number of benzene rings is 3. The summed E-state index contributed by atoms with van der Waals surface area (Å²) >= 11 is 0. The molecule has 0 saturated carbocycles. The lowest BCUT2D eigenvalue weighted by molar-refractivity contribution is 0.590. The van der Waals surface area contributed by atoms with Crippen LogP contribution in [0.3, 0.4) is 0 Å². The van der Waals surface area contributed by atoms with Crippen molar-refractivity contribution in [2.75, 3.05) is 0 Å². The van der Waals surface area contributed by atoms with Crippen LogP contribution in [0.4, 0.5) is 0 Å². The van der Waals surface area contributed by atoms with Crippen LogP contribution in [0.15, 0.2) is 72.8 Å². The van der Waals surface area contributed by atoms with E-state index >= 15 is 0 Å². The second kappa shape index (κ2) is 8.85. The first kappa shape index (κ1) is 20.0. The molecule has 0 amide bonds. The Bertz CT molecular complexity index is 817. The van der Waals surface area contributed by atoms with E-state index in [4.69, 9.17) is 0 Å². The van der Waals surface area contributed by atoms with Crippen molar-refractivity contribution in [2.24, 2.45) is 0 Å². The second-order valence-electron chi connectivity index (χ2n) is 7.94. The van der Waals surface area contributed by atoms with Gasteiger partial charge in [-0.25, -0.2) is 0 Å². The van der Waals surface area contributed by atoms with Gasteiger partial charge in [0.15, 0.2) is 0 Å². The van der Waals surface area contributed by atoms with E-state index in [1.807, 2.05) is 0 Å². The molecule has 3 rings (SSSR count). The minimum atomic E-state index is 0.285. The third-order valence-corrected chi connectivity index (χ3v) is 4.75. The molecular formula is C26H32. The van der Waals surface area contributed by atoms with Crippen LogP contribution < -0.4 is 0 Å². The van der Waals surface area contributed by atoms with Crippen LogP contribution in [0, 0.1) is 13.8 Å². The van der Waals surface area contributed by atoms with Gasteiger partial charge < -0.3 is 0 Å². The highest BCUT2D eigenvalue weighted by Crippen LogP contribution is 2.26. The zero-order valence-corrected chi connectivity index (χ0v) is 17.1. The highest BCUT2D eigenvalue weighted by molar-refractivity contribution is 5.70. The van der Waals surface area contributed by atoms with Gasteiger partial charge in [-0.2, -0.15) is 0 Å². The second-order valence-corrected chi connectivity index (χ2v) is 7.94. The molecule has 0 bridgehead atoms. The summed E-state index contributed by atoms with van der Waals surface area (Å²) in [6, 6.07) is 25.9. The van der Waals surface area contributed by atoms with Crippen molar-refractivity contribution in [1.29, 1.82) is 0 Å². The Morgan fingerprint density at radius 2 is 1.19 bits per heavy atom. The summed E-state index contributed by atoms with van der Waals surface area (Å²) in [6.07, 6.45) is 1.09. The van der Waals surface area contributed by atoms with E-state index in [0.29, 0.717) is 0 Å². The molecule has 0 N–H and O–H groups in total. The van der Waals surface area contributed by atoms with Crippen LogP contribution in [-0.2, 0) is 11.8 Å². The molecule has 0 aliphatic carbocycles. The Kier molecular flexibility index (Phi) is 6.80. The first-order valence-corrected chi connectivity index (χ1v) is 9.54. The number of aryl methyl sites for hydroxylation is 3. The van der Waals surface area contributed by atoms with Crippen molar-refractivity contribution in [3.8, 4) is 11.1 Å². The molecule has 0 aliphatic heterocycles. The molecule has 0 spiro atoms.